The lowest BCUT2D eigenvalue weighted by atomic mass is 10.0. The first kappa shape index (κ1) is 12.4. The molecule has 1 fully saturated rings. The maximum absolute atomic E-state index is 5.92. The molecule has 0 aromatic heterocycles. The van der Waals surface area contributed by atoms with Crippen LogP contribution in [-0.2, 0) is 6.54 Å². The second-order valence-corrected chi connectivity index (χ2v) is 6.15. The summed E-state index contributed by atoms with van der Waals surface area (Å²) in [5, 5.41) is 4.44. The highest BCUT2D eigenvalue weighted by Gasteiger charge is 2.27. The van der Waals surface area contributed by atoms with Crippen LogP contribution in [0.4, 0.5) is 0 Å². The normalized spacial score (nSPS) is 18.9. The summed E-state index contributed by atoms with van der Waals surface area (Å²) in [6.45, 7) is 3.23. The van der Waals surface area contributed by atoms with Gasteiger partial charge in [0.15, 0.2) is 0 Å². The number of benzene rings is 1. The van der Waals surface area contributed by atoms with E-state index in [1.54, 1.807) is 0 Å². The molecule has 16 heavy (non-hydrogen) atoms. The number of hydrogen-bond donors (Lipinski definition) is 1. The average Bonchev–Trinajstić information content (AvgIpc) is 2.64. The van der Waals surface area contributed by atoms with Crippen LogP contribution in [-0.4, -0.2) is 5.54 Å². The van der Waals surface area contributed by atoms with Crippen molar-refractivity contribution in [3.63, 3.8) is 0 Å². The molecule has 0 atom stereocenters. The van der Waals surface area contributed by atoms with Gasteiger partial charge in [-0.2, -0.15) is 0 Å². The van der Waals surface area contributed by atoms with Crippen LogP contribution in [0.15, 0.2) is 22.7 Å². The van der Waals surface area contributed by atoms with Crippen molar-refractivity contribution in [3.8, 4) is 0 Å². The molecular formula is C13H17BrClN. The van der Waals surface area contributed by atoms with Crippen LogP contribution in [0.3, 0.4) is 0 Å². The van der Waals surface area contributed by atoms with E-state index in [2.05, 4.69) is 34.2 Å². The summed E-state index contributed by atoms with van der Waals surface area (Å²) in [6, 6.07) is 5.98. The minimum Gasteiger partial charge on any atom is -0.307 e. The van der Waals surface area contributed by atoms with Crippen LogP contribution >= 0.6 is 27.5 Å². The molecule has 0 saturated heterocycles. The van der Waals surface area contributed by atoms with Crippen molar-refractivity contribution < 1.29 is 0 Å². The Kier molecular flexibility index (Phi) is 3.93. The van der Waals surface area contributed by atoms with Gasteiger partial charge in [-0.3, -0.25) is 0 Å². The molecule has 0 unspecified atom stereocenters. The molecular weight excluding hydrogens is 286 g/mol. The summed E-state index contributed by atoms with van der Waals surface area (Å²) in [6.07, 6.45) is 5.28. The van der Waals surface area contributed by atoms with Crippen LogP contribution in [0.25, 0.3) is 0 Å². The fourth-order valence-electron chi connectivity index (χ4n) is 2.31. The minimum atomic E-state index is 0.332. The first-order chi connectivity index (χ1) is 7.59. The van der Waals surface area contributed by atoms with Crippen LogP contribution in [0, 0.1) is 0 Å². The van der Waals surface area contributed by atoms with E-state index in [0.29, 0.717) is 5.54 Å². The van der Waals surface area contributed by atoms with Crippen LogP contribution in [0.5, 0.6) is 0 Å². The average molecular weight is 303 g/mol. The Balaban J connectivity index is 1.99. The topological polar surface area (TPSA) is 12.0 Å². The molecule has 0 amide bonds. The Bertz CT molecular complexity index is 372. The summed E-state index contributed by atoms with van der Waals surface area (Å²) in [7, 11) is 0. The highest BCUT2D eigenvalue weighted by molar-refractivity contribution is 9.10. The van der Waals surface area contributed by atoms with Crippen LogP contribution in [0.2, 0.25) is 5.02 Å². The first-order valence-corrected chi connectivity index (χ1v) is 6.95. The number of hydrogen-bond acceptors (Lipinski definition) is 1. The van der Waals surface area contributed by atoms with E-state index in [1.807, 2.05) is 12.1 Å². The largest absolute Gasteiger partial charge is 0.307 e. The SMILES string of the molecule is CC1(NCc2ccc(Cl)cc2Br)CCCC1. The molecule has 3 heteroatoms. The van der Waals surface area contributed by atoms with Crippen LogP contribution in [0.1, 0.15) is 38.2 Å². The molecule has 0 bridgehead atoms. The molecule has 1 aromatic carbocycles. The van der Waals surface area contributed by atoms with Crippen molar-refractivity contribution in [2.45, 2.75) is 44.7 Å². The van der Waals surface area contributed by atoms with Crippen molar-refractivity contribution in [2.24, 2.45) is 0 Å². The lowest BCUT2D eigenvalue weighted by Gasteiger charge is -2.25. The molecule has 0 spiro atoms. The fraction of sp³-hybridized carbons (Fsp3) is 0.538. The monoisotopic (exact) mass is 301 g/mol. The third-order valence-electron chi connectivity index (χ3n) is 3.43. The van der Waals surface area contributed by atoms with Crippen molar-refractivity contribution >= 4 is 27.5 Å². The molecule has 1 N–H and O–H groups in total. The zero-order chi connectivity index (χ0) is 11.6. The summed E-state index contributed by atoms with van der Waals surface area (Å²) in [4.78, 5) is 0. The van der Waals surface area contributed by atoms with E-state index in [4.69, 9.17) is 11.6 Å². The van der Waals surface area contributed by atoms with E-state index >= 15 is 0 Å². The first-order valence-electron chi connectivity index (χ1n) is 5.78. The molecule has 88 valence electrons. The van der Waals surface area contributed by atoms with E-state index in [-0.39, 0.29) is 0 Å². The van der Waals surface area contributed by atoms with Crippen molar-refractivity contribution in [1.82, 2.24) is 5.32 Å². The molecule has 0 radical (unpaired) electrons. The summed E-state index contributed by atoms with van der Waals surface area (Å²) in [5.41, 5.74) is 1.61. The van der Waals surface area contributed by atoms with E-state index in [1.165, 1.54) is 31.2 Å². The number of halogens is 2. The molecule has 1 saturated carbocycles. The molecule has 1 aromatic rings. The smallest absolute Gasteiger partial charge is 0.0417 e. The van der Waals surface area contributed by atoms with Gasteiger partial charge in [0.2, 0.25) is 0 Å². The zero-order valence-electron chi connectivity index (χ0n) is 9.52. The van der Waals surface area contributed by atoms with Gasteiger partial charge >= 0.3 is 0 Å². The van der Waals surface area contributed by atoms with Crippen molar-refractivity contribution in [1.29, 1.82) is 0 Å². The summed E-state index contributed by atoms with van der Waals surface area (Å²) < 4.78 is 1.09. The molecule has 1 aliphatic carbocycles. The summed E-state index contributed by atoms with van der Waals surface area (Å²) >= 11 is 9.47. The molecule has 0 aliphatic heterocycles. The van der Waals surface area contributed by atoms with Gasteiger partial charge in [0.05, 0.1) is 0 Å². The predicted molar refractivity (Wildman–Crippen MR) is 72.9 cm³/mol. The van der Waals surface area contributed by atoms with Gasteiger partial charge in [0, 0.05) is 21.6 Å². The standard InChI is InChI=1S/C13H17BrClN/c1-13(6-2-3-7-13)16-9-10-4-5-11(15)8-12(10)14/h4-5,8,16H,2-3,6-7,9H2,1H3. The van der Waals surface area contributed by atoms with E-state index < -0.39 is 0 Å². The van der Waals surface area contributed by atoms with Crippen molar-refractivity contribution in [2.75, 3.05) is 0 Å². The van der Waals surface area contributed by atoms with Gasteiger partial charge in [-0.1, -0.05) is 46.4 Å². The van der Waals surface area contributed by atoms with Gasteiger partial charge < -0.3 is 5.32 Å². The van der Waals surface area contributed by atoms with Gasteiger partial charge in [-0.15, -0.1) is 0 Å². The third kappa shape index (κ3) is 2.99. The lowest BCUT2D eigenvalue weighted by molar-refractivity contribution is 0.362. The quantitative estimate of drug-likeness (QED) is 0.865. The fourth-order valence-corrected chi connectivity index (χ4v) is 3.13. The molecule has 1 aliphatic rings. The Morgan fingerprint density at radius 2 is 2.06 bits per heavy atom. The Hall–Kier alpha value is -0.0500. The Morgan fingerprint density at radius 3 is 2.69 bits per heavy atom. The van der Waals surface area contributed by atoms with E-state index in [0.717, 1.165) is 16.0 Å². The third-order valence-corrected chi connectivity index (χ3v) is 4.40. The number of rotatable bonds is 3. The molecule has 1 nitrogen and oxygen atoms in total. The van der Waals surface area contributed by atoms with E-state index in [9.17, 15) is 0 Å². The number of nitrogens with one attached hydrogen (secondary N) is 1. The van der Waals surface area contributed by atoms with Gasteiger partial charge in [-0.25, -0.2) is 0 Å². The highest BCUT2D eigenvalue weighted by atomic mass is 79.9. The van der Waals surface area contributed by atoms with Crippen LogP contribution < -0.4 is 5.32 Å². The van der Waals surface area contributed by atoms with Crippen molar-refractivity contribution in [3.05, 3.63) is 33.3 Å². The highest BCUT2D eigenvalue weighted by Crippen LogP contribution is 2.30. The minimum absolute atomic E-state index is 0.332. The lowest BCUT2D eigenvalue weighted by Crippen LogP contribution is -2.38. The van der Waals surface area contributed by atoms with Gasteiger partial charge in [0.1, 0.15) is 0 Å². The predicted octanol–water partition coefficient (Wildman–Crippen LogP) is 4.52. The molecule has 2 rings (SSSR count). The zero-order valence-corrected chi connectivity index (χ0v) is 11.9. The second-order valence-electron chi connectivity index (χ2n) is 4.86. The second kappa shape index (κ2) is 5.07. The van der Waals surface area contributed by atoms with Gasteiger partial charge in [-0.05, 0) is 37.5 Å². The summed E-state index contributed by atoms with van der Waals surface area (Å²) in [5.74, 6) is 0. The maximum atomic E-state index is 5.92. The Labute approximate surface area is 111 Å². The van der Waals surface area contributed by atoms with Gasteiger partial charge in [0.25, 0.3) is 0 Å². The Morgan fingerprint density at radius 1 is 1.38 bits per heavy atom. The molecule has 0 heterocycles. The maximum Gasteiger partial charge on any atom is 0.0417 e.